The number of para-hydroxylation sites is 1. The van der Waals surface area contributed by atoms with Crippen molar-refractivity contribution in [1.82, 2.24) is 10.6 Å². The molecule has 1 fully saturated rings. The summed E-state index contributed by atoms with van der Waals surface area (Å²) in [6.45, 7) is 2.62. The largest absolute Gasteiger partial charge is 0.457 e. The van der Waals surface area contributed by atoms with Gasteiger partial charge in [0, 0.05) is 12.1 Å². The van der Waals surface area contributed by atoms with Crippen molar-refractivity contribution >= 4 is 12.0 Å². The van der Waals surface area contributed by atoms with Gasteiger partial charge in [-0.05, 0) is 25.1 Å². The Morgan fingerprint density at radius 3 is 2.72 bits per heavy atom. The summed E-state index contributed by atoms with van der Waals surface area (Å²) in [6.07, 6.45) is -0.250. The maximum Gasteiger partial charge on any atom is 0.407 e. The van der Waals surface area contributed by atoms with Gasteiger partial charge >= 0.3 is 6.09 Å². The zero-order valence-electron chi connectivity index (χ0n) is 14.0. The molecule has 6 heteroatoms. The van der Waals surface area contributed by atoms with Crippen LogP contribution in [-0.4, -0.2) is 31.2 Å². The van der Waals surface area contributed by atoms with Crippen LogP contribution in [0.3, 0.4) is 0 Å². The molecule has 1 aliphatic heterocycles. The summed E-state index contributed by atoms with van der Waals surface area (Å²) in [5.41, 5.74) is 1.95. The number of aryl methyl sites for hydroxylation is 1. The van der Waals surface area contributed by atoms with Gasteiger partial charge in [0.15, 0.2) is 0 Å². The highest BCUT2D eigenvalue weighted by atomic mass is 16.6. The van der Waals surface area contributed by atoms with Gasteiger partial charge in [-0.2, -0.15) is 0 Å². The maximum atomic E-state index is 12.2. The van der Waals surface area contributed by atoms with Crippen LogP contribution in [0.2, 0.25) is 0 Å². The van der Waals surface area contributed by atoms with Crippen LogP contribution in [0, 0.1) is 6.92 Å². The number of carbonyl (C=O) groups is 2. The lowest BCUT2D eigenvalue weighted by Crippen LogP contribution is -2.40. The molecule has 0 radical (unpaired) electrons. The lowest BCUT2D eigenvalue weighted by molar-refractivity contribution is -0.120. The summed E-state index contributed by atoms with van der Waals surface area (Å²) in [4.78, 5) is 23.1. The fourth-order valence-electron chi connectivity index (χ4n) is 2.49. The molecular weight excluding hydrogens is 320 g/mol. The molecule has 1 atom stereocenters. The van der Waals surface area contributed by atoms with Gasteiger partial charge in [-0.3, -0.25) is 4.79 Å². The van der Waals surface area contributed by atoms with Gasteiger partial charge in [-0.15, -0.1) is 0 Å². The fourth-order valence-corrected chi connectivity index (χ4v) is 2.49. The van der Waals surface area contributed by atoms with Crippen molar-refractivity contribution in [2.45, 2.75) is 19.4 Å². The molecular formula is C19H20N2O4. The van der Waals surface area contributed by atoms with Crippen molar-refractivity contribution in [3.8, 4) is 11.5 Å². The molecule has 0 bridgehead atoms. The summed E-state index contributed by atoms with van der Waals surface area (Å²) < 4.78 is 10.7. The number of amides is 2. The van der Waals surface area contributed by atoms with Gasteiger partial charge in [-0.25, -0.2) is 4.79 Å². The van der Waals surface area contributed by atoms with Gasteiger partial charge < -0.3 is 20.1 Å². The summed E-state index contributed by atoms with van der Waals surface area (Å²) in [5.74, 6) is 1.24. The number of benzene rings is 2. The number of hydrogen-bond acceptors (Lipinski definition) is 4. The Balaban J connectivity index is 1.59. The first-order valence-corrected chi connectivity index (χ1v) is 8.12. The van der Waals surface area contributed by atoms with E-state index in [9.17, 15) is 9.59 Å². The third-order valence-electron chi connectivity index (χ3n) is 3.86. The number of nitrogens with one attached hydrogen (secondary N) is 2. The molecule has 2 aromatic rings. The number of rotatable bonds is 6. The van der Waals surface area contributed by atoms with Gasteiger partial charge in [0.1, 0.15) is 18.1 Å². The van der Waals surface area contributed by atoms with E-state index in [0.29, 0.717) is 12.3 Å². The van der Waals surface area contributed by atoms with Crippen LogP contribution in [0.15, 0.2) is 48.5 Å². The van der Waals surface area contributed by atoms with E-state index in [-0.39, 0.29) is 25.0 Å². The number of ether oxygens (including phenoxy) is 2. The smallest absolute Gasteiger partial charge is 0.407 e. The molecule has 1 saturated heterocycles. The van der Waals surface area contributed by atoms with E-state index >= 15 is 0 Å². The van der Waals surface area contributed by atoms with E-state index in [1.165, 1.54) is 0 Å². The quantitative estimate of drug-likeness (QED) is 0.847. The minimum absolute atomic E-state index is 0.138. The predicted molar refractivity (Wildman–Crippen MR) is 92.7 cm³/mol. The predicted octanol–water partition coefficient (Wildman–Crippen LogP) is 2.55. The normalized spacial score (nSPS) is 16.0. The van der Waals surface area contributed by atoms with Gasteiger partial charge in [0.25, 0.3) is 0 Å². The fraction of sp³-hybridized carbons (Fsp3) is 0.263. The van der Waals surface area contributed by atoms with Crippen molar-refractivity contribution < 1.29 is 19.1 Å². The third-order valence-corrected chi connectivity index (χ3v) is 3.86. The average molecular weight is 340 g/mol. The van der Waals surface area contributed by atoms with Crippen molar-refractivity contribution in [2.75, 3.05) is 13.2 Å². The molecule has 3 rings (SSSR count). The zero-order valence-corrected chi connectivity index (χ0v) is 14.0. The first kappa shape index (κ1) is 16.8. The Kier molecular flexibility index (Phi) is 5.18. The van der Waals surface area contributed by atoms with Crippen LogP contribution in [0.5, 0.6) is 11.5 Å². The monoisotopic (exact) mass is 340 g/mol. The molecule has 1 aliphatic rings. The number of carbonyl (C=O) groups excluding carboxylic acids is 2. The van der Waals surface area contributed by atoms with Crippen LogP contribution in [0.1, 0.15) is 11.1 Å². The van der Waals surface area contributed by atoms with Crippen LogP contribution < -0.4 is 15.4 Å². The van der Waals surface area contributed by atoms with Crippen LogP contribution >= 0.6 is 0 Å². The Labute approximate surface area is 146 Å². The minimum atomic E-state index is -0.448. The summed E-state index contributed by atoms with van der Waals surface area (Å²) >= 11 is 0. The van der Waals surface area contributed by atoms with E-state index in [0.717, 1.165) is 16.9 Å². The zero-order chi connectivity index (χ0) is 17.6. The van der Waals surface area contributed by atoms with Gasteiger partial charge in [0.05, 0.1) is 12.5 Å². The molecule has 0 aliphatic carbocycles. The Bertz CT molecular complexity index is 758. The van der Waals surface area contributed by atoms with E-state index in [1.807, 2.05) is 55.5 Å². The van der Waals surface area contributed by atoms with Crippen molar-refractivity contribution in [2.24, 2.45) is 0 Å². The second kappa shape index (κ2) is 7.70. The summed E-state index contributed by atoms with van der Waals surface area (Å²) in [6, 6.07) is 15.0. The number of alkyl carbamates (subject to hydrolysis) is 1. The molecule has 6 nitrogen and oxygen atoms in total. The highest BCUT2D eigenvalue weighted by Crippen LogP contribution is 2.25. The molecule has 0 saturated carbocycles. The van der Waals surface area contributed by atoms with Crippen LogP contribution in [0.25, 0.3) is 0 Å². The average Bonchev–Trinajstić information content (AvgIpc) is 3.02. The highest BCUT2D eigenvalue weighted by Gasteiger charge is 2.22. The number of cyclic esters (lactones) is 1. The number of hydrogen-bond donors (Lipinski definition) is 2. The summed E-state index contributed by atoms with van der Waals surface area (Å²) in [5, 5.41) is 5.42. The van der Waals surface area contributed by atoms with E-state index < -0.39 is 6.09 Å². The Morgan fingerprint density at radius 2 is 2.00 bits per heavy atom. The molecule has 2 amide bonds. The Morgan fingerprint density at radius 1 is 1.24 bits per heavy atom. The topological polar surface area (TPSA) is 76.7 Å². The molecule has 2 aromatic carbocycles. The van der Waals surface area contributed by atoms with Gasteiger partial charge in [-0.1, -0.05) is 35.9 Å². The molecule has 0 spiro atoms. The summed E-state index contributed by atoms with van der Waals surface area (Å²) in [7, 11) is 0. The van der Waals surface area contributed by atoms with Gasteiger partial charge in [0.2, 0.25) is 5.91 Å². The first-order valence-electron chi connectivity index (χ1n) is 8.12. The second-order valence-corrected chi connectivity index (χ2v) is 5.94. The molecule has 130 valence electrons. The lowest BCUT2D eigenvalue weighted by Gasteiger charge is -2.12. The van der Waals surface area contributed by atoms with Crippen molar-refractivity contribution in [3.63, 3.8) is 0 Å². The maximum absolute atomic E-state index is 12.2. The highest BCUT2D eigenvalue weighted by molar-refractivity contribution is 5.79. The van der Waals surface area contributed by atoms with Crippen molar-refractivity contribution in [1.29, 1.82) is 0 Å². The lowest BCUT2D eigenvalue weighted by atomic mass is 10.1. The van der Waals surface area contributed by atoms with E-state index in [4.69, 9.17) is 9.47 Å². The van der Waals surface area contributed by atoms with Crippen LogP contribution in [-0.2, 0) is 16.0 Å². The van der Waals surface area contributed by atoms with E-state index in [1.54, 1.807) is 0 Å². The Hall–Kier alpha value is -3.02. The minimum Gasteiger partial charge on any atom is -0.457 e. The second-order valence-electron chi connectivity index (χ2n) is 5.94. The standard InChI is InChI=1S/C19H20N2O4/c1-13-6-8-16(9-7-13)25-17-5-3-2-4-14(17)10-18(22)20-11-15-12-24-19(23)21-15/h2-9,15H,10-12H2,1H3,(H,20,22)(H,21,23). The molecule has 2 N–H and O–H groups in total. The molecule has 1 unspecified atom stereocenters. The first-order chi connectivity index (χ1) is 12.1. The molecule has 25 heavy (non-hydrogen) atoms. The van der Waals surface area contributed by atoms with Crippen LogP contribution in [0.4, 0.5) is 4.79 Å². The molecule has 0 aromatic heterocycles. The molecule has 1 heterocycles. The SMILES string of the molecule is Cc1ccc(Oc2ccccc2CC(=O)NCC2COC(=O)N2)cc1. The van der Waals surface area contributed by atoms with E-state index in [2.05, 4.69) is 10.6 Å². The third kappa shape index (κ3) is 4.73. The van der Waals surface area contributed by atoms with Crippen molar-refractivity contribution in [3.05, 3.63) is 59.7 Å².